The Morgan fingerprint density at radius 2 is 2.16 bits per heavy atom. The Bertz CT molecular complexity index is 476. The molecule has 7 heteroatoms. The highest BCUT2D eigenvalue weighted by atomic mass is 32.2. The Labute approximate surface area is 116 Å². The normalized spacial score (nSPS) is 15.1. The number of hydrogen-bond acceptors (Lipinski definition) is 4. The van der Waals surface area contributed by atoms with Crippen LogP contribution in [-0.2, 0) is 11.3 Å². The third kappa shape index (κ3) is 3.62. The average Bonchev–Trinajstić information content (AvgIpc) is 3.04. The van der Waals surface area contributed by atoms with E-state index < -0.39 is 0 Å². The van der Waals surface area contributed by atoms with Gasteiger partial charge in [0.1, 0.15) is 0 Å². The van der Waals surface area contributed by atoms with Crippen molar-refractivity contribution in [3.63, 3.8) is 0 Å². The zero-order valence-corrected chi connectivity index (χ0v) is 12.0. The van der Waals surface area contributed by atoms with E-state index in [1.54, 1.807) is 4.57 Å². The molecular weight excluding hydrogens is 264 g/mol. The zero-order chi connectivity index (χ0) is 13.7. The number of carbonyl (C=O) groups is 1. The molecule has 1 fully saturated rings. The number of likely N-dealkylation sites (tertiary alicyclic amines) is 1. The van der Waals surface area contributed by atoms with Gasteiger partial charge in [-0.05, 0) is 19.3 Å². The lowest BCUT2D eigenvalue weighted by Gasteiger charge is -2.14. The second-order valence-corrected chi connectivity index (χ2v) is 5.64. The number of thioether (sulfide) groups is 1. The highest BCUT2D eigenvalue weighted by molar-refractivity contribution is 7.99. The number of H-pyrrole nitrogens is 1. The minimum atomic E-state index is -0.190. The van der Waals surface area contributed by atoms with Crippen molar-refractivity contribution in [2.24, 2.45) is 0 Å². The molecule has 0 atom stereocenters. The van der Waals surface area contributed by atoms with E-state index in [9.17, 15) is 9.59 Å². The van der Waals surface area contributed by atoms with Crippen molar-refractivity contribution in [2.45, 2.75) is 44.3 Å². The van der Waals surface area contributed by atoms with Crippen molar-refractivity contribution >= 4 is 17.7 Å². The second-order valence-electron chi connectivity index (χ2n) is 4.69. The lowest BCUT2D eigenvalue weighted by molar-refractivity contribution is -0.127. The Hall–Kier alpha value is -1.24. The summed E-state index contributed by atoms with van der Waals surface area (Å²) in [5, 5.41) is 7.05. The van der Waals surface area contributed by atoms with E-state index in [-0.39, 0.29) is 11.6 Å². The van der Waals surface area contributed by atoms with Crippen molar-refractivity contribution < 1.29 is 4.79 Å². The van der Waals surface area contributed by atoms with Crippen molar-refractivity contribution in [3.8, 4) is 0 Å². The van der Waals surface area contributed by atoms with E-state index in [1.807, 2.05) is 4.90 Å². The predicted molar refractivity (Wildman–Crippen MR) is 74.3 cm³/mol. The first-order valence-electron chi connectivity index (χ1n) is 6.78. The second kappa shape index (κ2) is 6.79. The molecule has 19 heavy (non-hydrogen) atoms. The van der Waals surface area contributed by atoms with Gasteiger partial charge in [0.2, 0.25) is 5.91 Å². The number of nitrogens with one attached hydrogen (secondary N) is 1. The van der Waals surface area contributed by atoms with Crippen LogP contribution in [0.2, 0.25) is 0 Å². The highest BCUT2D eigenvalue weighted by Gasteiger charge is 2.19. The summed E-state index contributed by atoms with van der Waals surface area (Å²) in [5.74, 6) is 0.496. The summed E-state index contributed by atoms with van der Waals surface area (Å²) in [7, 11) is 0. The van der Waals surface area contributed by atoms with Crippen LogP contribution in [0.4, 0.5) is 0 Å². The standard InChI is InChI=1S/C12H20N4O2S/c1-2-3-8-16-11(18)13-14-12(16)19-9-10(17)15-6-4-5-7-15/h2-9H2,1H3,(H,13,18). The summed E-state index contributed by atoms with van der Waals surface area (Å²) in [6.07, 6.45) is 4.15. The van der Waals surface area contributed by atoms with Crippen LogP contribution in [-0.4, -0.2) is 44.4 Å². The first kappa shape index (κ1) is 14.2. The summed E-state index contributed by atoms with van der Waals surface area (Å²) in [4.78, 5) is 25.4. The largest absolute Gasteiger partial charge is 0.343 e. The first-order chi connectivity index (χ1) is 9.22. The molecule has 106 valence electrons. The van der Waals surface area contributed by atoms with Crippen molar-refractivity contribution in [1.29, 1.82) is 0 Å². The molecule has 1 aliphatic rings. The number of hydrogen-bond donors (Lipinski definition) is 1. The first-order valence-corrected chi connectivity index (χ1v) is 7.76. The van der Waals surface area contributed by atoms with Gasteiger partial charge in [-0.15, -0.1) is 5.10 Å². The molecule has 0 spiro atoms. The monoisotopic (exact) mass is 284 g/mol. The van der Waals surface area contributed by atoms with Gasteiger partial charge in [0.15, 0.2) is 5.16 Å². The lowest BCUT2D eigenvalue weighted by atomic mass is 10.3. The SMILES string of the molecule is CCCCn1c(SCC(=O)N2CCCC2)n[nH]c1=O. The van der Waals surface area contributed by atoms with Crippen LogP contribution in [0.25, 0.3) is 0 Å². The third-order valence-electron chi connectivity index (χ3n) is 3.24. The summed E-state index contributed by atoms with van der Waals surface area (Å²) >= 11 is 1.34. The van der Waals surface area contributed by atoms with Gasteiger partial charge in [0.25, 0.3) is 0 Å². The van der Waals surface area contributed by atoms with Crippen molar-refractivity contribution in [1.82, 2.24) is 19.7 Å². The third-order valence-corrected chi connectivity index (χ3v) is 4.20. The van der Waals surface area contributed by atoms with Crippen LogP contribution < -0.4 is 5.69 Å². The fraction of sp³-hybridized carbons (Fsp3) is 0.750. The molecule has 2 heterocycles. The van der Waals surface area contributed by atoms with Gasteiger partial charge >= 0.3 is 5.69 Å². The van der Waals surface area contributed by atoms with Gasteiger partial charge in [-0.3, -0.25) is 9.36 Å². The van der Waals surface area contributed by atoms with Gasteiger partial charge in [0, 0.05) is 19.6 Å². The molecule has 1 saturated heterocycles. The summed E-state index contributed by atoms with van der Waals surface area (Å²) in [6.45, 7) is 4.46. The number of amides is 1. The fourth-order valence-electron chi connectivity index (χ4n) is 2.11. The Morgan fingerprint density at radius 1 is 1.42 bits per heavy atom. The minimum Gasteiger partial charge on any atom is -0.342 e. The smallest absolute Gasteiger partial charge is 0.342 e. The molecule has 0 bridgehead atoms. The molecule has 0 aromatic carbocycles. The number of aromatic nitrogens is 3. The molecule has 0 unspecified atom stereocenters. The molecule has 1 aliphatic heterocycles. The highest BCUT2D eigenvalue weighted by Crippen LogP contribution is 2.16. The Morgan fingerprint density at radius 3 is 2.84 bits per heavy atom. The molecule has 0 aliphatic carbocycles. The van der Waals surface area contributed by atoms with Gasteiger partial charge in [-0.1, -0.05) is 25.1 Å². The van der Waals surface area contributed by atoms with Crippen molar-refractivity contribution in [2.75, 3.05) is 18.8 Å². The number of aromatic amines is 1. The molecule has 0 radical (unpaired) electrons. The maximum Gasteiger partial charge on any atom is 0.343 e. The maximum atomic E-state index is 11.9. The van der Waals surface area contributed by atoms with Crippen LogP contribution in [0.5, 0.6) is 0 Å². The van der Waals surface area contributed by atoms with Gasteiger partial charge in [0.05, 0.1) is 5.75 Å². The molecule has 6 nitrogen and oxygen atoms in total. The number of carbonyl (C=O) groups excluding carboxylic acids is 1. The molecule has 1 aromatic rings. The number of unbranched alkanes of at least 4 members (excludes halogenated alkanes) is 1. The number of nitrogens with zero attached hydrogens (tertiary/aromatic N) is 3. The number of rotatable bonds is 6. The van der Waals surface area contributed by atoms with Crippen LogP contribution >= 0.6 is 11.8 Å². The summed E-state index contributed by atoms with van der Waals surface area (Å²) in [5.41, 5.74) is -0.190. The van der Waals surface area contributed by atoms with E-state index in [0.717, 1.165) is 38.8 Å². The average molecular weight is 284 g/mol. The lowest BCUT2D eigenvalue weighted by Crippen LogP contribution is -2.29. The molecular formula is C12H20N4O2S. The van der Waals surface area contributed by atoms with Gasteiger partial charge < -0.3 is 4.90 Å². The van der Waals surface area contributed by atoms with E-state index >= 15 is 0 Å². The predicted octanol–water partition coefficient (Wildman–Crippen LogP) is 1.09. The van der Waals surface area contributed by atoms with Gasteiger partial charge in [-0.25, -0.2) is 9.89 Å². The fourth-order valence-corrected chi connectivity index (χ4v) is 2.99. The van der Waals surface area contributed by atoms with Gasteiger partial charge in [-0.2, -0.15) is 0 Å². The summed E-state index contributed by atoms with van der Waals surface area (Å²) < 4.78 is 1.62. The van der Waals surface area contributed by atoms with E-state index in [4.69, 9.17) is 0 Å². The maximum absolute atomic E-state index is 11.9. The Balaban J connectivity index is 1.91. The van der Waals surface area contributed by atoms with E-state index in [1.165, 1.54) is 11.8 Å². The van der Waals surface area contributed by atoms with Crippen LogP contribution in [0.1, 0.15) is 32.6 Å². The minimum absolute atomic E-state index is 0.139. The molecule has 1 aromatic heterocycles. The van der Waals surface area contributed by atoms with E-state index in [2.05, 4.69) is 17.1 Å². The summed E-state index contributed by atoms with van der Waals surface area (Å²) in [6, 6.07) is 0. The van der Waals surface area contributed by atoms with Crippen LogP contribution in [0.3, 0.4) is 0 Å². The molecule has 0 saturated carbocycles. The quantitative estimate of drug-likeness (QED) is 0.794. The Kier molecular flexibility index (Phi) is 5.07. The van der Waals surface area contributed by atoms with Crippen LogP contribution in [0, 0.1) is 0 Å². The van der Waals surface area contributed by atoms with E-state index in [0.29, 0.717) is 17.5 Å². The van der Waals surface area contributed by atoms with Crippen LogP contribution in [0.15, 0.2) is 9.95 Å². The topological polar surface area (TPSA) is 71.0 Å². The molecule has 2 rings (SSSR count). The van der Waals surface area contributed by atoms with Crippen molar-refractivity contribution in [3.05, 3.63) is 10.5 Å². The molecule has 1 N–H and O–H groups in total. The molecule has 1 amide bonds. The zero-order valence-electron chi connectivity index (χ0n) is 11.2.